The number of piperazine rings is 1. The molecule has 8 heteroatoms. The maximum Gasteiger partial charge on any atom is 0.273 e. The number of anilines is 2. The van der Waals surface area contributed by atoms with Gasteiger partial charge in [-0.15, -0.1) is 0 Å². The molecule has 146 valence electrons. The van der Waals surface area contributed by atoms with Crippen molar-refractivity contribution in [3.63, 3.8) is 0 Å². The molecule has 0 spiro atoms. The zero-order chi connectivity index (χ0) is 19.5. The van der Waals surface area contributed by atoms with Crippen LogP contribution in [0.4, 0.5) is 17.1 Å². The van der Waals surface area contributed by atoms with E-state index >= 15 is 0 Å². The van der Waals surface area contributed by atoms with E-state index in [1.165, 1.54) is 28.8 Å². The quantitative estimate of drug-likeness (QED) is 0.596. The average Bonchev–Trinajstić information content (AvgIpc) is 2.73. The van der Waals surface area contributed by atoms with Gasteiger partial charge in [0.25, 0.3) is 11.6 Å². The molecule has 0 aliphatic carbocycles. The van der Waals surface area contributed by atoms with Gasteiger partial charge in [0.2, 0.25) is 0 Å². The molecule has 0 radical (unpaired) electrons. The molecule has 4 rings (SSSR count). The van der Waals surface area contributed by atoms with Crippen molar-refractivity contribution in [2.45, 2.75) is 12.5 Å². The lowest BCUT2D eigenvalue weighted by Crippen LogP contribution is -3.15. The van der Waals surface area contributed by atoms with Crippen molar-refractivity contribution in [1.29, 1.82) is 0 Å². The summed E-state index contributed by atoms with van der Waals surface area (Å²) in [4.78, 5) is 26.6. The Kier molecular flexibility index (Phi) is 5.12. The molecular formula is C20H23N4O4+. The minimum absolute atomic E-state index is 0.0451. The molecule has 0 saturated carbocycles. The molecule has 1 fully saturated rings. The zero-order valence-electron chi connectivity index (χ0n) is 15.5. The molecule has 0 unspecified atom stereocenters. The summed E-state index contributed by atoms with van der Waals surface area (Å²) >= 11 is 0. The van der Waals surface area contributed by atoms with Crippen LogP contribution in [0.25, 0.3) is 0 Å². The van der Waals surface area contributed by atoms with Gasteiger partial charge in [0.05, 0.1) is 49.4 Å². The Hall–Kier alpha value is -3.13. The monoisotopic (exact) mass is 383 g/mol. The van der Waals surface area contributed by atoms with E-state index in [-0.39, 0.29) is 11.6 Å². The fourth-order valence-corrected chi connectivity index (χ4v) is 3.74. The Morgan fingerprint density at radius 1 is 1.18 bits per heavy atom. The molecule has 0 bridgehead atoms. The van der Waals surface area contributed by atoms with Gasteiger partial charge >= 0.3 is 0 Å². The average molecular weight is 383 g/mol. The molecular weight excluding hydrogens is 360 g/mol. The van der Waals surface area contributed by atoms with E-state index in [4.69, 9.17) is 4.74 Å². The number of rotatable bonds is 5. The molecule has 2 N–H and O–H groups in total. The van der Waals surface area contributed by atoms with Gasteiger partial charge in [-0.1, -0.05) is 18.2 Å². The fraction of sp³-hybridized carbons (Fsp3) is 0.350. The third kappa shape index (κ3) is 3.91. The van der Waals surface area contributed by atoms with Gasteiger partial charge in [-0.3, -0.25) is 14.9 Å². The Balaban J connectivity index is 1.31. The highest BCUT2D eigenvalue weighted by Crippen LogP contribution is 2.33. The number of hydrogen-bond acceptors (Lipinski definition) is 5. The second kappa shape index (κ2) is 7.85. The summed E-state index contributed by atoms with van der Waals surface area (Å²) < 4.78 is 5.78. The summed E-state index contributed by atoms with van der Waals surface area (Å²) in [7, 11) is 0. The third-order valence-corrected chi connectivity index (χ3v) is 5.35. The molecule has 2 aromatic rings. The standard InChI is InChI=1S/C20H22N4O4/c25-20-18(28-19-14-16(24(26)27)6-7-17(19)21-20)8-9-22-10-12-23(13-11-22)15-4-2-1-3-5-15/h1-7,14,18H,8-13H2,(H,21,25)/p+1/t18-/m1/s1. The van der Waals surface area contributed by atoms with Crippen molar-refractivity contribution >= 4 is 23.0 Å². The Bertz CT molecular complexity index is 866. The van der Waals surface area contributed by atoms with E-state index in [9.17, 15) is 14.9 Å². The van der Waals surface area contributed by atoms with Crippen LogP contribution in [-0.2, 0) is 4.79 Å². The number of fused-ring (bicyclic) bond motifs is 1. The maximum atomic E-state index is 12.3. The number of non-ortho nitro benzene ring substituents is 1. The number of nitro benzene ring substituents is 1. The summed E-state index contributed by atoms with van der Waals surface area (Å²) in [6, 6.07) is 14.6. The summed E-state index contributed by atoms with van der Waals surface area (Å²) in [5.41, 5.74) is 1.68. The number of carbonyl (C=O) groups excluding carboxylic acids is 1. The number of para-hydroxylation sites is 1. The first-order valence-corrected chi connectivity index (χ1v) is 9.50. The van der Waals surface area contributed by atoms with Gasteiger partial charge in [0.15, 0.2) is 11.9 Å². The Morgan fingerprint density at radius 2 is 1.93 bits per heavy atom. The SMILES string of the molecule is O=C1Nc2ccc([N+](=O)[O-])cc2O[C@@H]1CC[NH+]1CCN(c2ccccc2)CC1. The first-order valence-electron chi connectivity index (χ1n) is 9.50. The van der Waals surface area contributed by atoms with E-state index in [0.717, 1.165) is 32.7 Å². The van der Waals surface area contributed by atoms with Crippen molar-refractivity contribution in [2.24, 2.45) is 0 Å². The molecule has 8 nitrogen and oxygen atoms in total. The van der Waals surface area contributed by atoms with Crippen LogP contribution in [0.5, 0.6) is 5.75 Å². The lowest BCUT2D eigenvalue weighted by atomic mass is 10.1. The van der Waals surface area contributed by atoms with Crippen LogP contribution in [0.2, 0.25) is 0 Å². The number of nitro groups is 1. The Morgan fingerprint density at radius 3 is 2.64 bits per heavy atom. The van der Waals surface area contributed by atoms with Crippen molar-refractivity contribution in [3.8, 4) is 5.75 Å². The largest absolute Gasteiger partial charge is 0.478 e. The van der Waals surface area contributed by atoms with Crippen LogP contribution < -0.4 is 19.9 Å². The van der Waals surface area contributed by atoms with Crippen LogP contribution in [0.3, 0.4) is 0 Å². The van der Waals surface area contributed by atoms with Crippen LogP contribution in [0, 0.1) is 10.1 Å². The van der Waals surface area contributed by atoms with E-state index in [0.29, 0.717) is 17.9 Å². The van der Waals surface area contributed by atoms with Gasteiger partial charge in [-0.05, 0) is 18.2 Å². The molecule has 28 heavy (non-hydrogen) atoms. The maximum absolute atomic E-state index is 12.3. The van der Waals surface area contributed by atoms with Crippen LogP contribution >= 0.6 is 0 Å². The number of amides is 1. The Labute approximate surface area is 162 Å². The smallest absolute Gasteiger partial charge is 0.273 e. The molecule has 2 aromatic carbocycles. The molecule has 1 amide bonds. The highest BCUT2D eigenvalue weighted by molar-refractivity contribution is 5.97. The second-order valence-electron chi connectivity index (χ2n) is 7.14. The minimum Gasteiger partial charge on any atom is -0.478 e. The van der Waals surface area contributed by atoms with Crippen LogP contribution in [0.15, 0.2) is 48.5 Å². The molecule has 2 aliphatic heterocycles. The number of benzene rings is 2. The zero-order valence-corrected chi connectivity index (χ0v) is 15.5. The minimum atomic E-state index is -0.617. The second-order valence-corrected chi connectivity index (χ2v) is 7.14. The molecule has 1 atom stereocenters. The summed E-state index contributed by atoms with van der Waals surface area (Å²) in [5.74, 6) is 0.173. The lowest BCUT2D eigenvalue weighted by Gasteiger charge is -2.34. The number of hydrogen-bond donors (Lipinski definition) is 2. The molecule has 2 aliphatic rings. The van der Waals surface area contributed by atoms with Gasteiger partial charge in [0.1, 0.15) is 0 Å². The summed E-state index contributed by atoms with van der Waals surface area (Å²) in [6.07, 6.45) is -0.0385. The topological polar surface area (TPSA) is 89.1 Å². The van der Waals surface area contributed by atoms with Crippen LogP contribution in [-0.4, -0.2) is 49.7 Å². The molecule has 2 heterocycles. The van der Waals surface area contributed by atoms with Gasteiger partial charge in [-0.25, -0.2) is 0 Å². The lowest BCUT2D eigenvalue weighted by molar-refractivity contribution is -0.901. The van der Waals surface area contributed by atoms with Crippen molar-refractivity contribution in [3.05, 3.63) is 58.6 Å². The summed E-state index contributed by atoms with van der Waals surface area (Å²) in [6.45, 7) is 4.79. The first kappa shape index (κ1) is 18.2. The van der Waals surface area contributed by atoms with E-state index in [1.807, 2.05) is 6.07 Å². The van der Waals surface area contributed by atoms with Crippen molar-refractivity contribution in [1.82, 2.24) is 0 Å². The number of nitrogens with one attached hydrogen (secondary N) is 2. The van der Waals surface area contributed by atoms with Crippen molar-refractivity contribution in [2.75, 3.05) is 42.9 Å². The number of carbonyl (C=O) groups is 1. The predicted molar refractivity (Wildman–Crippen MR) is 105 cm³/mol. The first-order chi connectivity index (χ1) is 13.6. The van der Waals surface area contributed by atoms with Crippen molar-refractivity contribution < 1.29 is 19.4 Å². The van der Waals surface area contributed by atoms with E-state index in [2.05, 4.69) is 34.5 Å². The molecule has 0 aromatic heterocycles. The highest BCUT2D eigenvalue weighted by atomic mass is 16.6. The van der Waals surface area contributed by atoms with E-state index in [1.54, 1.807) is 0 Å². The van der Waals surface area contributed by atoms with Gasteiger partial charge in [-0.2, -0.15) is 0 Å². The number of quaternary nitrogens is 1. The normalized spacial score (nSPS) is 19.5. The van der Waals surface area contributed by atoms with E-state index < -0.39 is 11.0 Å². The molecule has 1 saturated heterocycles. The number of ether oxygens (including phenoxy) is 1. The predicted octanol–water partition coefficient (Wildman–Crippen LogP) is 1.09. The van der Waals surface area contributed by atoms with Crippen LogP contribution in [0.1, 0.15) is 6.42 Å². The van der Waals surface area contributed by atoms with Gasteiger partial charge < -0.3 is 19.9 Å². The highest BCUT2D eigenvalue weighted by Gasteiger charge is 2.30. The van der Waals surface area contributed by atoms with Gasteiger partial charge in [0, 0.05) is 18.2 Å². The fourth-order valence-electron chi connectivity index (χ4n) is 3.74. The number of nitrogens with zero attached hydrogens (tertiary/aromatic N) is 2. The summed E-state index contributed by atoms with van der Waals surface area (Å²) in [5, 5.41) is 13.7. The third-order valence-electron chi connectivity index (χ3n) is 5.35.